The fourth-order valence-electron chi connectivity index (χ4n) is 3.51. The molecule has 0 N–H and O–H groups in total. The molecule has 0 amide bonds. The summed E-state index contributed by atoms with van der Waals surface area (Å²) in [6.07, 6.45) is 0. The second kappa shape index (κ2) is 7.57. The molecule has 10 heteroatoms. The van der Waals surface area contributed by atoms with Crippen LogP contribution in [0, 0.1) is 17.0 Å². The Bertz CT molecular complexity index is 1400. The smallest absolute Gasteiger partial charge is 0.277 e. The second-order valence-electron chi connectivity index (χ2n) is 7.02. The fourth-order valence-corrected chi connectivity index (χ4v) is 4.28. The first kappa shape index (κ1) is 19.9. The van der Waals surface area contributed by atoms with Crippen LogP contribution in [0.1, 0.15) is 32.0 Å². The summed E-state index contributed by atoms with van der Waals surface area (Å²) in [5.74, 6) is 0.357. The van der Waals surface area contributed by atoms with Crippen molar-refractivity contribution in [1.29, 1.82) is 0 Å². The molecule has 0 saturated carbocycles. The molecule has 0 aliphatic heterocycles. The third-order valence-electron chi connectivity index (χ3n) is 5.15. The third kappa shape index (κ3) is 3.21. The van der Waals surface area contributed by atoms with Crippen LogP contribution in [0.25, 0.3) is 22.8 Å². The molecule has 0 unspecified atom stereocenters. The van der Waals surface area contributed by atoms with Gasteiger partial charge in [0.15, 0.2) is 0 Å². The summed E-state index contributed by atoms with van der Waals surface area (Å²) >= 11 is 1.22. The maximum atomic E-state index is 12.6. The Morgan fingerprint density at radius 1 is 0.969 bits per heavy atom. The van der Waals surface area contributed by atoms with Crippen molar-refractivity contribution in [2.45, 2.75) is 17.9 Å². The van der Waals surface area contributed by atoms with Gasteiger partial charge in [-0.15, -0.1) is 10.2 Å². The summed E-state index contributed by atoms with van der Waals surface area (Å²) in [5.41, 5.74) is 2.36. The molecule has 0 atom stereocenters. The van der Waals surface area contributed by atoms with Crippen molar-refractivity contribution in [3.8, 4) is 22.8 Å². The highest BCUT2D eigenvalue weighted by molar-refractivity contribution is 7.98. The molecule has 2 aromatic carbocycles. The lowest BCUT2D eigenvalue weighted by molar-refractivity contribution is -0.384. The van der Waals surface area contributed by atoms with E-state index in [4.69, 9.17) is 8.83 Å². The minimum atomic E-state index is -0.575. The number of benzene rings is 2. The number of non-ortho nitro benzene ring substituents is 1. The van der Waals surface area contributed by atoms with Crippen LogP contribution in [0.5, 0.6) is 0 Å². The minimum absolute atomic E-state index is 0.0327. The van der Waals surface area contributed by atoms with Gasteiger partial charge >= 0.3 is 0 Å². The van der Waals surface area contributed by atoms with Crippen molar-refractivity contribution in [2.75, 3.05) is 0 Å². The third-order valence-corrected chi connectivity index (χ3v) is 5.97. The van der Waals surface area contributed by atoms with Gasteiger partial charge in [0, 0.05) is 34.4 Å². The lowest BCUT2D eigenvalue weighted by atomic mass is 9.87. The van der Waals surface area contributed by atoms with Gasteiger partial charge in [0.1, 0.15) is 11.5 Å². The van der Waals surface area contributed by atoms with Crippen LogP contribution in [0.2, 0.25) is 0 Å². The molecular weight excluding hydrogens is 434 g/mol. The van der Waals surface area contributed by atoms with Gasteiger partial charge in [0.25, 0.3) is 10.9 Å². The second-order valence-corrected chi connectivity index (χ2v) is 7.95. The molecule has 158 valence electrons. The van der Waals surface area contributed by atoms with Crippen molar-refractivity contribution < 1.29 is 23.3 Å². The average molecular weight is 447 g/mol. The first-order chi connectivity index (χ1) is 15.4. The number of ketones is 2. The number of thioether (sulfide) groups is 1. The number of nitrogens with zero attached hydrogens (tertiary/aromatic N) is 3. The molecule has 5 rings (SSSR count). The maximum absolute atomic E-state index is 12.6. The van der Waals surface area contributed by atoms with Crippen molar-refractivity contribution in [3.05, 3.63) is 81.1 Å². The number of hydrogen-bond acceptors (Lipinski definition) is 9. The molecule has 1 aliphatic carbocycles. The molecule has 1 aliphatic rings. The number of aromatic nitrogens is 2. The Labute approximate surface area is 184 Å². The van der Waals surface area contributed by atoms with E-state index >= 15 is 0 Å². The average Bonchev–Trinajstić information content (AvgIpc) is 3.41. The monoisotopic (exact) mass is 447 g/mol. The summed E-state index contributed by atoms with van der Waals surface area (Å²) in [4.78, 5) is 35.4. The Morgan fingerprint density at radius 2 is 1.69 bits per heavy atom. The van der Waals surface area contributed by atoms with Gasteiger partial charge in [-0.25, -0.2) is 0 Å². The lowest BCUT2D eigenvalue weighted by Crippen LogP contribution is -2.20. The number of hydrogen-bond donors (Lipinski definition) is 0. The Balaban J connectivity index is 1.38. The zero-order chi connectivity index (χ0) is 22.4. The summed E-state index contributed by atoms with van der Waals surface area (Å²) in [6.45, 7) is 1.74. The molecule has 0 spiro atoms. The largest absolute Gasteiger partial charge is 0.459 e. The highest BCUT2D eigenvalue weighted by atomic mass is 32.2. The Hall–Kier alpha value is -4.05. The van der Waals surface area contributed by atoms with E-state index < -0.39 is 16.5 Å². The summed E-state index contributed by atoms with van der Waals surface area (Å²) < 4.78 is 11.6. The molecule has 0 radical (unpaired) electrons. The number of nitro groups is 1. The van der Waals surface area contributed by atoms with Crippen LogP contribution in [0.15, 0.2) is 62.6 Å². The highest BCUT2D eigenvalue weighted by Crippen LogP contribution is 2.40. The van der Waals surface area contributed by atoms with Crippen molar-refractivity contribution in [1.82, 2.24) is 10.2 Å². The van der Waals surface area contributed by atoms with Crippen LogP contribution >= 0.6 is 11.8 Å². The molecular formula is C22H13N3O6S. The molecule has 9 nitrogen and oxygen atoms in total. The van der Waals surface area contributed by atoms with E-state index in [2.05, 4.69) is 10.2 Å². The van der Waals surface area contributed by atoms with E-state index in [1.54, 1.807) is 31.2 Å². The van der Waals surface area contributed by atoms with Crippen molar-refractivity contribution >= 4 is 29.0 Å². The molecule has 2 aromatic heterocycles. The number of Topliss-reactive ketones (excluding diaryl/α,β-unsaturated/α-hetero) is 2. The van der Waals surface area contributed by atoms with Crippen LogP contribution in [0.3, 0.4) is 0 Å². The van der Waals surface area contributed by atoms with Crippen LogP contribution in [-0.4, -0.2) is 26.7 Å². The Morgan fingerprint density at radius 3 is 2.41 bits per heavy atom. The molecule has 0 fully saturated rings. The van der Waals surface area contributed by atoms with Gasteiger partial charge in [-0.1, -0.05) is 36.0 Å². The van der Waals surface area contributed by atoms with Crippen molar-refractivity contribution in [3.63, 3.8) is 0 Å². The van der Waals surface area contributed by atoms with Crippen LogP contribution < -0.4 is 0 Å². The van der Waals surface area contributed by atoms with E-state index in [9.17, 15) is 19.7 Å². The topological polar surface area (TPSA) is 129 Å². The molecule has 4 aromatic rings. The van der Waals surface area contributed by atoms with E-state index in [1.807, 2.05) is 0 Å². The first-order valence-corrected chi connectivity index (χ1v) is 10.4. The maximum Gasteiger partial charge on any atom is 0.277 e. The van der Waals surface area contributed by atoms with E-state index in [0.717, 1.165) is 0 Å². The van der Waals surface area contributed by atoms with Gasteiger partial charge in [0.2, 0.25) is 17.5 Å². The number of rotatable bonds is 5. The number of fused-ring (bicyclic) bond motifs is 3. The number of carbonyl (C=O) groups excluding carboxylic acids is 2. The van der Waals surface area contributed by atoms with Crippen LogP contribution in [0.4, 0.5) is 5.69 Å². The van der Waals surface area contributed by atoms with Gasteiger partial charge in [0.05, 0.1) is 16.2 Å². The molecule has 32 heavy (non-hydrogen) atoms. The van der Waals surface area contributed by atoms with Crippen LogP contribution in [-0.2, 0) is 5.75 Å². The molecule has 2 heterocycles. The lowest BCUT2D eigenvalue weighted by Gasteiger charge is -2.12. The summed E-state index contributed by atoms with van der Waals surface area (Å²) in [7, 11) is 0. The summed E-state index contributed by atoms with van der Waals surface area (Å²) in [6, 6.07) is 12.7. The normalized spacial score (nSPS) is 12.5. The number of furan rings is 1. The first-order valence-electron chi connectivity index (χ1n) is 9.46. The molecule has 0 saturated heterocycles. The minimum Gasteiger partial charge on any atom is -0.459 e. The van der Waals surface area contributed by atoms with Gasteiger partial charge in [-0.2, -0.15) is 0 Å². The summed E-state index contributed by atoms with van der Waals surface area (Å²) in [5, 5.41) is 19.0. The number of carbonyl (C=O) groups is 2. The zero-order valence-corrected chi connectivity index (χ0v) is 17.3. The van der Waals surface area contributed by atoms with Gasteiger partial charge in [-0.3, -0.25) is 19.7 Å². The van der Waals surface area contributed by atoms with Gasteiger partial charge in [-0.05, 0) is 19.1 Å². The van der Waals surface area contributed by atoms with E-state index in [1.165, 1.54) is 36.0 Å². The quantitative estimate of drug-likeness (QED) is 0.182. The predicted molar refractivity (Wildman–Crippen MR) is 113 cm³/mol. The van der Waals surface area contributed by atoms with Crippen molar-refractivity contribution in [2.24, 2.45) is 0 Å². The zero-order valence-electron chi connectivity index (χ0n) is 16.5. The van der Waals surface area contributed by atoms with E-state index in [0.29, 0.717) is 45.1 Å². The predicted octanol–water partition coefficient (Wildman–Crippen LogP) is 4.88. The van der Waals surface area contributed by atoms with Gasteiger partial charge < -0.3 is 8.83 Å². The SMILES string of the molecule is Cc1c(CSc2nnc(-c3ccc([N+](=O)[O-])cc3)o2)oc2c1C(=O)C(=O)c1ccccc1-2. The van der Waals surface area contributed by atoms with E-state index in [-0.39, 0.29) is 16.8 Å². The number of nitro benzene ring substituents is 1. The highest BCUT2D eigenvalue weighted by Gasteiger charge is 2.35. The fraction of sp³-hybridized carbons (Fsp3) is 0.0909. The molecule has 0 bridgehead atoms. The Kier molecular flexibility index (Phi) is 4.71. The standard InChI is InChI=1S/C22H13N3O6S/c1-11-16(30-20-15-5-3-2-4-14(15)18(26)19(27)17(11)20)10-32-22-24-23-21(31-22)12-6-8-13(9-7-12)25(28)29/h2-9H,10H2,1H3.